The molecule has 1 fully saturated rings. The minimum atomic E-state index is -0.337. The van der Waals surface area contributed by atoms with Gasteiger partial charge in [0, 0.05) is 29.6 Å². The Morgan fingerprint density at radius 1 is 1.26 bits per heavy atom. The van der Waals surface area contributed by atoms with Gasteiger partial charge < -0.3 is 9.88 Å². The number of aromatic nitrogens is 1. The van der Waals surface area contributed by atoms with Gasteiger partial charge in [0.2, 0.25) is 5.91 Å². The summed E-state index contributed by atoms with van der Waals surface area (Å²) in [5, 5.41) is 2.04. The number of amides is 3. The standard InChI is InChI=1S/C16H17N3O3S/c1-11-7-13(23-10-11)9-18-6-4-14(20)19(16(18)22)8-12-3-2-5-17-15(12)21/h2-3,5,7,10H,4,6,8-9H2,1H3,(H,17,21). The van der Waals surface area contributed by atoms with Crippen LogP contribution in [0, 0.1) is 6.92 Å². The molecule has 2 aromatic rings. The van der Waals surface area contributed by atoms with E-state index in [1.807, 2.05) is 18.4 Å². The van der Waals surface area contributed by atoms with Crippen LogP contribution in [0.4, 0.5) is 4.79 Å². The van der Waals surface area contributed by atoms with Crippen LogP contribution in [0.1, 0.15) is 22.4 Å². The van der Waals surface area contributed by atoms with E-state index in [0.29, 0.717) is 18.7 Å². The third kappa shape index (κ3) is 3.34. The summed E-state index contributed by atoms with van der Waals surface area (Å²) in [6.07, 6.45) is 1.80. The highest BCUT2D eigenvalue weighted by Gasteiger charge is 2.32. The molecule has 7 heteroatoms. The number of aromatic amines is 1. The molecule has 23 heavy (non-hydrogen) atoms. The lowest BCUT2D eigenvalue weighted by atomic mass is 10.2. The van der Waals surface area contributed by atoms with E-state index in [1.165, 1.54) is 11.8 Å². The van der Waals surface area contributed by atoms with Crippen molar-refractivity contribution in [1.82, 2.24) is 14.8 Å². The molecule has 3 rings (SSSR count). The zero-order valence-electron chi connectivity index (χ0n) is 12.7. The molecular weight excluding hydrogens is 314 g/mol. The third-order valence-electron chi connectivity index (χ3n) is 3.76. The van der Waals surface area contributed by atoms with E-state index in [2.05, 4.69) is 4.98 Å². The van der Waals surface area contributed by atoms with Gasteiger partial charge >= 0.3 is 6.03 Å². The predicted molar refractivity (Wildman–Crippen MR) is 87.1 cm³/mol. The highest BCUT2D eigenvalue weighted by atomic mass is 32.1. The molecule has 6 nitrogen and oxygen atoms in total. The van der Waals surface area contributed by atoms with Crippen molar-refractivity contribution < 1.29 is 9.59 Å². The van der Waals surface area contributed by atoms with Crippen molar-refractivity contribution in [2.75, 3.05) is 6.54 Å². The van der Waals surface area contributed by atoms with Gasteiger partial charge in [0.15, 0.2) is 0 Å². The van der Waals surface area contributed by atoms with Crippen LogP contribution in [-0.4, -0.2) is 33.3 Å². The lowest BCUT2D eigenvalue weighted by molar-refractivity contribution is -0.131. The van der Waals surface area contributed by atoms with Gasteiger partial charge in [0.25, 0.3) is 5.56 Å². The quantitative estimate of drug-likeness (QED) is 0.932. The van der Waals surface area contributed by atoms with Crippen LogP contribution in [0.2, 0.25) is 0 Å². The number of thiophene rings is 1. The minimum absolute atomic E-state index is 0.00775. The minimum Gasteiger partial charge on any atom is -0.329 e. The Bertz CT molecular complexity index is 796. The second-order valence-corrected chi connectivity index (χ2v) is 6.54. The van der Waals surface area contributed by atoms with Gasteiger partial charge in [0.1, 0.15) is 0 Å². The van der Waals surface area contributed by atoms with E-state index >= 15 is 0 Å². The van der Waals surface area contributed by atoms with Gasteiger partial charge in [-0.3, -0.25) is 14.5 Å². The first-order valence-corrected chi connectivity index (χ1v) is 8.22. The van der Waals surface area contributed by atoms with Gasteiger partial charge in [-0.15, -0.1) is 11.3 Å². The largest absolute Gasteiger partial charge is 0.329 e. The lowest BCUT2D eigenvalue weighted by Crippen LogP contribution is -2.51. The van der Waals surface area contributed by atoms with Crippen LogP contribution in [0.25, 0.3) is 0 Å². The number of nitrogens with zero attached hydrogens (tertiary/aromatic N) is 2. The molecule has 1 saturated heterocycles. The maximum atomic E-state index is 12.6. The molecule has 120 valence electrons. The Morgan fingerprint density at radius 2 is 2.09 bits per heavy atom. The second-order valence-electron chi connectivity index (χ2n) is 5.55. The van der Waals surface area contributed by atoms with E-state index in [9.17, 15) is 14.4 Å². The van der Waals surface area contributed by atoms with Gasteiger partial charge in [-0.05, 0) is 30.0 Å². The van der Waals surface area contributed by atoms with Crippen LogP contribution >= 0.6 is 11.3 Å². The Labute approximate surface area is 137 Å². The van der Waals surface area contributed by atoms with Crippen molar-refractivity contribution in [3.8, 4) is 0 Å². The van der Waals surface area contributed by atoms with Crippen LogP contribution in [-0.2, 0) is 17.9 Å². The van der Waals surface area contributed by atoms with E-state index in [4.69, 9.17) is 0 Å². The zero-order chi connectivity index (χ0) is 16.4. The number of hydrogen-bond acceptors (Lipinski definition) is 4. The number of aryl methyl sites for hydroxylation is 1. The Hall–Kier alpha value is -2.41. The Kier molecular flexibility index (Phi) is 4.29. The first-order chi connectivity index (χ1) is 11.0. The molecule has 0 unspecified atom stereocenters. The van der Waals surface area contributed by atoms with Gasteiger partial charge in [-0.1, -0.05) is 6.07 Å². The van der Waals surface area contributed by atoms with Gasteiger partial charge in [-0.25, -0.2) is 4.79 Å². The molecule has 0 aromatic carbocycles. The van der Waals surface area contributed by atoms with Crippen molar-refractivity contribution in [1.29, 1.82) is 0 Å². The molecule has 0 aliphatic carbocycles. The second kappa shape index (κ2) is 6.37. The molecule has 0 bridgehead atoms. The number of rotatable bonds is 4. The van der Waals surface area contributed by atoms with E-state index < -0.39 is 0 Å². The molecule has 0 spiro atoms. The lowest BCUT2D eigenvalue weighted by Gasteiger charge is -2.33. The Morgan fingerprint density at radius 3 is 2.78 bits per heavy atom. The first kappa shape index (κ1) is 15.5. The summed E-state index contributed by atoms with van der Waals surface area (Å²) >= 11 is 1.60. The molecule has 3 heterocycles. The van der Waals surface area contributed by atoms with Crippen LogP contribution in [0.5, 0.6) is 0 Å². The Balaban J connectivity index is 1.76. The summed E-state index contributed by atoms with van der Waals surface area (Å²) in [4.78, 5) is 42.9. The number of nitrogens with one attached hydrogen (secondary N) is 1. The molecule has 0 saturated carbocycles. The summed E-state index contributed by atoms with van der Waals surface area (Å²) in [5.41, 5.74) is 1.29. The van der Waals surface area contributed by atoms with E-state index in [-0.39, 0.29) is 30.5 Å². The van der Waals surface area contributed by atoms with Gasteiger partial charge in [-0.2, -0.15) is 0 Å². The van der Waals surface area contributed by atoms with E-state index in [0.717, 1.165) is 9.78 Å². The summed E-state index contributed by atoms with van der Waals surface area (Å²) < 4.78 is 0. The number of carbonyl (C=O) groups excluding carboxylic acids is 2. The zero-order valence-corrected chi connectivity index (χ0v) is 13.6. The average Bonchev–Trinajstić information content (AvgIpc) is 2.93. The molecule has 2 aromatic heterocycles. The van der Waals surface area contributed by atoms with Crippen molar-refractivity contribution in [2.24, 2.45) is 0 Å². The van der Waals surface area contributed by atoms with Crippen LogP contribution in [0.15, 0.2) is 34.6 Å². The monoisotopic (exact) mass is 331 g/mol. The van der Waals surface area contributed by atoms with E-state index in [1.54, 1.807) is 28.4 Å². The van der Waals surface area contributed by atoms with Crippen LogP contribution < -0.4 is 5.56 Å². The SMILES string of the molecule is Cc1csc(CN2CCC(=O)N(Cc3ccc[nH]c3=O)C2=O)c1. The van der Waals surface area contributed by atoms with Crippen molar-refractivity contribution in [3.05, 3.63) is 56.1 Å². The fourth-order valence-electron chi connectivity index (χ4n) is 2.55. The third-order valence-corrected chi connectivity index (χ3v) is 4.80. The number of urea groups is 1. The smallest absolute Gasteiger partial charge is 0.327 e. The first-order valence-electron chi connectivity index (χ1n) is 7.34. The molecule has 1 aliphatic rings. The molecule has 0 radical (unpaired) electrons. The van der Waals surface area contributed by atoms with Crippen LogP contribution in [0.3, 0.4) is 0 Å². The predicted octanol–water partition coefficient (Wildman–Crippen LogP) is 2.10. The number of H-pyrrole nitrogens is 1. The summed E-state index contributed by atoms with van der Waals surface area (Å²) in [5.74, 6) is -0.239. The average molecular weight is 331 g/mol. The molecule has 1 N–H and O–H groups in total. The topological polar surface area (TPSA) is 73.5 Å². The highest BCUT2D eigenvalue weighted by molar-refractivity contribution is 7.10. The van der Waals surface area contributed by atoms with Crippen molar-refractivity contribution >= 4 is 23.3 Å². The van der Waals surface area contributed by atoms with Crippen molar-refractivity contribution in [3.63, 3.8) is 0 Å². The maximum Gasteiger partial charge on any atom is 0.327 e. The highest BCUT2D eigenvalue weighted by Crippen LogP contribution is 2.20. The molecule has 0 atom stereocenters. The maximum absolute atomic E-state index is 12.6. The normalized spacial score (nSPS) is 15.3. The number of carbonyl (C=O) groups is 2. The summed E-state index contributed by atoms with van der Waals surface area (Å²) in [7, 11) is 0. The molecule has 1 aliphatic heterocycles. The number of imide groups is 1. The fraction of sp³-hybridized carbons (Fsp3) is 0.312. The number of hydrogen-bond donors (Lipinski definition) is 1. The fourth-order valence-corrected chi connectivity index (χ4v) is 3.44. The number of pyridine rings is 1. The molecular formula is C16H17N3O3S. The molecule has 3 amide bonds. The van der Waals surface area contributed by atoms with Gasteiger partial charge in [0.05, 0.1) is 13.1 Å². The summed E-state index contributed by atoms with van der Waals surface area (Å²) in [6.45, 7) is 2.92. The van der Waals surface area contributed by atoms with Crippen molar-refractivity contribution in [2.45, 2.75) is 26.4 Å². The summed E-state index contributed by atoms with van der Waals surface area (Å²) in [6, 6.07) is 5.01.